The van der Waals surface area contributed by atoms with E-state index < -0.39 is 0 Å². The monoisotopic (exact) mass is 1040 g/mol. The third kappa shape index (κ3) is 5.95. The second-order valence-electron chi connectivity index (χ2n) is 22.9. The van der Waals surface area contributed by atoms with E-state index in [1.165, 1.54) is 97.0 Å². The van der Waals surface area contributed by atoms with Crippen molar-refractivity contribution in [3.63, 3.8) is 0 Å². The second kappa shape index (κ2) is 15.6. The highest BCUT2D eigenvalue weighted by Crippen LogP contribution is 2.51. The zero-order valence-corrected chi connectivity index (χ0v) is 46.4. The Hall–Kier alpha value is -8.11. The number of benzene rings is 9. The topological polar surface area (TPSA) is 43.4 Å². The Morgan fingerprint density at radius 1 is 0.333 bits per heavy atom. The number of hydrogen-bond donors (Lipinski definition) is 0. The highest BCUT2D eigenvalue weighted by molar-refractivity contribution is 7.33. The Morgan fingerprint density at radius 3 is 1.13 bits per heavy atom. The maximum atomic E-state index is 7.31. The smallest absolute Gasteiger partial charge is 0.273 e. The summed E-state index contributed by atoms with van der Waals surface area (Å²) in [5.74, 6) is 7.10. The van der Waals surface area contributed by atoms with Gasteiger partial charge in [0.1, 0.15) is 46.0 Å². The van der Waals surface area contributed by atoms with Crippen LogP contribution in [0.5, 0.6) is 46.0 Å². The van der Waals surface area contributed by atoms with Crippen molar-refractivity contribution in [3.05, 3.63) is 184 Å². The van der Waals surface area contributed by atoms with Crippen LogP contribution in [0.1, 0.15) is 50.1 Å². The Bertz CT molecular complexity index is 4300. The summed E-state index contributed by atoms with van der Waals surface area (Å²) in [7, 11) is 0. The number of rotatable bonds is 2. The van der Waals surface area contributed by atoms with Crippen LogP contribution < -0.4 is 76.5 Å². The lowest BCUT2D eigenvalue weighted by Crippen LogP contribution is -2.65. The zero-order valence-electron chi connectivity index (χ0n) is 44.8. The number of ether oxygens (including phenoxy) is 4. The molecule has 0 saturated carbocycles. The van der Waals surface area contributed by atoms with Gasteiger partial charge in [0.25, 0.3) is 20.1 Å². The molecule has 0 atom stereocenters. The predicted octanol–water partition coefficient (Wildman–Crippen LogP) is 12.4. The van der Waals surface area contributed by atoms with E-state index in [1.807, 2.05) is 22.7 Å². The molecule has 17 rings (SSSR count). The van der Waals surface area contributed by atoms with Gasteiger partial charge in [0.2, 0.25) is 0 Å². The van der Waals surface area contributed by atoms with Crippen LogP contribution in [-0.2, 0) is 0 Å². The minimum Gasteiger partial charge on any atom is -0.458 e. The molecule has 11 heteroatoms. The molecule has 2 aromatic heterocycles. The first kappa shape index (κ1) is 45.0. The number of anilines is 6. The molecule has 6 nitrogen and oxygen atoms in total. The molecule has 78 heavy (non-hydrogen) atoms. The van der Waals surface area contributed by atoms with E-state index >= 15 is 0 Å². The zero-order chi connectivity index (χ0) is 52.5. The van der Waals surface area contributed by atoms with Crippen molar-refractivity contribution in [1.82, 2.24) is 0 Å². The average Bonchev–Trinajstić information content (AvgIpc) is 2.44. The van der Waals surface area contributed by atoms with E-state index in [9.17, 15) is 0 Å². The maximum absolute atomic E-state index is 7.31. The standard InChI is InChI=1S/C67H49B3N2O4S2/c1-32-18-37(6)62(38(7)19-32)71-47-30-51-45(69-60-53(73-51)24-35(4)26-55(60)75-64-41-14-10-12-16-57(41)77-66(64)69)28-43(47)68-44-29-46-52(31-48(44)72(50-23-34(3)22-49(71)59(50)68)63-39(8)20-33(2)21-40(63)9)74-54-25-36(5)27-56-61(54)70(46)67-65(76-56)42-15-11-13-17-58(42)78-67/h10-31H,1-9H3. The summed E-state index contributed by atoms with van der Waals surface area (Å²) in [5.41, 5.74) is 26.0. The van der Waals surface area contributed by atoms with Crippen LogP contribution in [0, 0.1) is 62.3 Å². The quantitative estimate of drug-likeness (QED) is 0.161. The fourth-order valence-electron chi connectivity index (χ4n) is 14.7. The van der Waals surface area contributed by atoms with Gasteiger partial charge in [-0.15, -0.1) is 22.7 Å². The molecular formula is C67H49B3N2O4S2. The molecule has 0 fully saturated rings. The van der Waals surface area contributed by atoms with Crippen LogP contribution in [0.15, 0.2) is 133 Å². The number of aryl methyl sites for hydroxylation is 9. The van der Waals surface area contributed by atoms with E-state index in [2.05, 4.69) is 206 Å². The molecular weight excluding hydrogens is 993 g/mol. The molecule has 0 amide bonds. The van der Waals surface area contributed by atoms with Gasteiger partial charge >= 0.3 is 0 Å². The third-order valence-corrected chi connectivity index (χ3v) is 19.9. The highest BCUT2D eigenvalue weighted by atomic mass is 32.1. The Kier molecular flexibility index (Phi) is 8.97. The van der Waals surface area contributed by atoms with Crippen LogP contribution in [0.3, 0.4) is 0 Å². The third-order valence-electron chi connectivity index (χ3n) is 17.4. The van der Waals surface area contributed by atoms with Crippen LogP contribution >= 0.6 is 22.7 Å². The average molecular weight is 1040 g/mol. The summed E-state index contributed by atoms with van der Waals surface area (Å²) in [6.07, 6.45) is 0. The fourth-order valence-corrected chi connectivity index (χ4v) is 17.3. The molecule has 6 aliphatic rings. The SMILES string of the molecule is Cc1cc(C)c(N2c3cc4c(cc3B3c5cc6c(cc5N(c5c(C)cc(C)cc5C)c5cc(C)cc2c53)Oc2cc(C)cc3c2B6c2sc5ccccc5c2O3)B2c3sc5ccccc5c3Oc3cc(C)cc(c32)O4)c(C)c1. The fraction of sp³-hybridized carbons (Fsp3) is 0.134. The van der Waals surface area contributed by atoms with Crippen LogP contribution in [0.2, 0.25) is 0 Å². The van der Waals surface area contributed by atoms with Crippen molar-refractivity contribution in [3.8, 4) is 46.0 Å². The van der Waals surface area contributed by atoms with Gasteiger partial charge in [-0.05, 0) is 189 Å². The molecule has 0 radical (unpaired) electrons. The van der Waals surface area contributed by atoms with Gasteiger partial charge in [-0.1, -0.05) is 71.8 Å². The number of fused-ring (bicyclic) bond motifs is 16. The summed E-state index contributed by atoms with van der Waals surface area (Å²) >= 11 is 3.68. The summed E-state index contributed by atoms with van der Waals surface area (Å²) in [6.45, 7) is 19.7. The summed E-state index contributed by atoms with van der Waals surface area (Å²) in [5, 5.41) is 2.29. The minimum atomic E-state index is -0.193. The van der Waals surface area contributed by atoms with Crippen molar-refractivity contribution in [1.29, 1.82) is 0 Å². The van der Waals surface area contributed by atoms with Crippen LogP contribution in [0.25, 0.3) is 20.2 Å². The van der Waals surface area contributed by atoms with Gasteiger partial charge in [-0.25, -0.2) is 0 Å². The van der Waals surface area contributed by atoms with Crippen molar-refractivity contribution in [2.75, 3.05) is 9.80 Å². The molecule has 372 valence electrons. The lowest BCUT2D eigenvalue weighted by molar-refractivity contribution is 0.467. The van der Waals surface area contributed by atoms with Crippen LogP contribution in [0.4, 0.5) is 34.1 Å². The molecule has 0 spiro atoms. The van der Waals surface area contributed by atoms with Crippen LogP contribution in [-0.4, -0.2) is 20.1 Å². The highest BCUT2D eigenvalue weighted by Gasteiger charge is 2.50. The Morgan fingerprint density at radius 2 is 0.705 bits per heavy atom. The number of hydrogen-bond acceptors (Lipinski definition) is 8. The van der Waals surface area contributed by atoms with Gasteiger partial charge in [0.15, 0.2) is 0 Å². The molecule has 8 heterocycles. The first-order valence-electron chi connectivity index (χ1n) is 27.1. The second-order valence-corrected chi connectivity index (χ2v) is 25.1. The number of nitrogens with zero attached hydrogens (tertiary/aromatic N) is 2. The molecule has 0 saturated heterocycles. The largest absolute Gasteiger partial charge is 0.458 e. The van der Waals surface area contributed by atoms with Crippen molar-refractivity contribution in [2.24, 2.45) is 0 Å². The Labute approximate surface area is 462 Å². The van der Waals surface area contributed by atoms with E-state index in [1.54, 1.807) is 0 Å². The van der Waals surface area contributed by atoms with E-state index in [0.29, 0.717) is 0 Å². The van der Waals surface area contributed by atoms with E-state index in [4.69, 9.17) is 18.9 Å². The first-order chi connectivity index (χ1) is 37.8. The van der Waals surface area contributed by atoms with Gasteiger partial charge in [0, 0.05) is 75.5 Å². The van der Waals surface area contributed by atoms with Gasteiger partial charge < -0.3 is 28.7 Å². The van der Waals surface area contributed by atoms with Gasteiger partial charge in [-0.3, -0.25) is 0 Å². The predicted molar refractivity (Wildman–Crippen MR) is 329 cm³/mol. The molecule has 0 aliphatic carbocycles. The van der Waals surface area contributed by atoms with Gasteiger partial charge in [-0.2, -0.15) is 0 Å². The summed E-state index contributed by atoms with van der Waals surface area (Å²) < 4.78 is 33.5. The molecule has 9 aromatic carbocycles. The molecule has 6 aliphatic heterocycles. The Balaban J connectivity index is 1.00. The lowest BCUT2D eigenvalue weighted by Gasteiger charge is -2.46. The van der Waals surface area contributed by atoms with Gasteiger partial charge in [0.05, 0.1) is 11.4 Å². The number of thiophene rings is 2. The molecule has 0 unspecified atom stereocenters. The van der Waals surface area contributed by atoms with Crippen molar-refractivity contribution < 1.29 is 18.9 Å². The first-order valence-corrected chi connectivity index (χ1v) is 28.8. The molecule has 11 aromatic rings. The molecule has 0 N–H and O–H groups in total. The summed E-state index contributed by atoms with van der Waals surface area (Å²) in [4.78, 5) is 5.17. The van der Waals surface area contributed by atoms with E-state index in [-0.39, 0.29) is 20.1 Å². The minimum absolute atomic E-state index is 0.109. The normalized spacial score (nSPS) is 14.2. The van der Waals surface area contributed by atoms with Crippen molar-refractivity contribution in [2.45, 2.75) is 62.3 Å². The van der Waals surface area contributed by atoms with E-state index in [0.717, 1.165) is 101 Å². The molecule has 0 bridgehead atoms. The lowest BCUT2D eigenvalue weighted by atomic mass is 9.30. The van der Waals surface area contributed by atoms with Crippen molar-refractivity contribution >= 4 is 145 Å². The maximum Gasteiger partial charge on any atom is 0.273 e. The summed E-state index contributed by atoms with van der Waals surface area (Å²) in [6, 6.07) is 50.3.